The van der Waals surface area contributed by atoms with Crippen LogP contribution in [0.2, 0.25) is 0 Å². The summed E-state index contributed by atoms with van der Waals surface area (Å²) in [7, 11) is 0. The molecule has 0 aromatic rings. The van der Waals surface area contributed by atoms with E-state index < -0.39 is 0 Å². The van der Waals surface area contributed by atoms with E-state index >= 15 is 0 Å². The van der Waals surface area contributed by atoms with Gasteiger partial charge in [0.1, 0.15) is 4.32 Å². The highest BCUT2D eigenvalue weighted by Gasteiger charge is 2.12. The van der Waals surface area contributed by atoms with Crippen molar-refractivity contribution in [2.45, 2.75) is 32.6 Å². The molecule has 1 saturated heterocycles. The van der Waals surface area contributed by atoms with Crippen molar-refractivity contribution in [2.24, 2.45) is 0 Å². The SMILES string of the molecule is CCOCCSC(=S)N1CCCCCC1. The van der Waals surface area contributed by atoms with Crippen LogP contribution in [0.15, 0.2) is 0 Å². The van der Waals surface area contributed by atoms with Gasteiger partial charge >= 0.3 is 0 Å². The Morgan fingerprint density at radius 1 is 1.27 bits per heavy atom. The Labute approximate surface area is 103 Å². The molecule has 1 fully saturated rings. The predicted molar refractivity (Wildman–Crippen MR) is 71.6 cm³/mol. The Bertz CT molecular complexity index is 179. The van der Waals surface area contributed by atoms with E-state index in [-0.39, 0.29) is 0 Å². The molecule has 0 N–H and O–H groups in total. The van der Waals surface area contributed by atoms with Crippen LogP contribution in [0.1, 0.15) is 32.6 Å². The summed E-state index contributed by atoms with van der Waals surface area (Å²) in [5, 5.41) is 0. The van der Waals surface area contributed by atoms with Gasteiger partial charge in [0.25, 0.3) is 0 Å². The molecule has 0 radical (unpaired) electrons. The van der Waals surface area contributed by atoms with Crippen molar-refractivity contribution in [1.82, 2.24) is 4.90 Å². The lowest BCUT2D eigenvalue weighted by Gasteiger charge is -2.22. The van der Waals surface area contributed by atoms with Crippen LogP contribution in [0, 0.1) is 0 Å². The fourth-order valence-corrected chi connectivity index (χ4v) is 2.85. The minimum atomic E-state index is 0.803. The van der Waals surface area contributed by atoms with E-state index in [1.165, 1.54) is 25.7 Å². The Morgan fingerprint density at radius 2 is 1.93 bits per heavy atom. The second-order valence-corrected chi connectivity index (χ2v) is 5.44. The van der Waals surface area contributed by atoms with Crippen molar-refractivity contribution in [1.29, 1.82) is 0 Å². The Morgan fingerprint density at radius 3 is 2.53 bits per heavy atom. The number of likely N-dealkylation sites (tertiary alicyclic amines) is 1. The molecule has 1 heterocycles. The van der Waals surface area contributed by atoms with Crippen molar-refractivity contribution < 1.29 is 4.74 Å². The Hall–Kier alpha value is 0.200. The summed E-state index contributed by atoms with van der Waals surface area (Å²) in [5.41, 5.74) is 0. The van der Waals surface area contributed by atoms with Crippen LogP contribution in [0.5, 0.6) is 0 Å². The number of rotatable bonds is 4. The van der Waals surface area contributed by atoms with Crippen LogP contribution in [0.4, 0.5) is 0 Å². The monoisotopic (exact) mass is 247 g/mol. The minimum absolute atomic E-state index is 0.803. The van der Waals surface area contributed by atoms with Crippen LogP contribution >= 0.6 is 24.0 Å². The molecule has 2 nitrogen and oxygen atoms in total. The van der Waals surface area contributed by atoms with Gasteiger partial charge in [-0.2, -0.15) is 0 Å². The molecule has 0 unspecified atom stereocenters. The van der Waals surface area contributed by atoms with Crippen molar-refractivity contribution in [3.05, 3.63) is 0 Å². The normalized spacial score (nSPS) is 17.5. The van der Waals surface area contributed by atoms with Crippen LogP contribution in [0.25, 0.3) is 0 Å². The number of thioether (sulfide) groups is 1. The molecule has 1 rings (SSSR count). The molecule has 1 aliphatic heterocycles. The van der Waals surface area contributed by atoms with Gasteiger partial charge in [0.2, 0.25) is 0 Å². The third kappa shape index (κ3) is 5.73. The molecule has 0 aromatic heterocycles. The van der Waals surface area contributed by atoms with Gasteiger partial charge in [0.15, 0.2) is 0 Å². The van der Waals surface area contributed by atoms with Crippen LogP contribution < -0.4 is 0 Å². The molecule has 0 amide bonds. The maximum absolute atomic E-state index is 5.42. The minimum Gasteiger partial charge on any atom is -0.381 e. The molecular formula is C11H21NOS2. The average molecular weight is 247 g/mol. The fourth-order valence-electron chi connectivity index (χ4n) is 1.68. The smallest absolute Gasteiger partial charge is 0.136 e. The quantitative estimate of drug-likeness (QED) is 0.559. The summed E-state index contributed by atoms with van der Waals surface area (Å²) >= 11 is 7.18. The maximum atomic E-state index is 5.42. The molecule has 0 atom stereocenters. The van der Waals surface area contributed by atoms with Gasteiger partial charge in [0.05, 0.1) is 6.61 Å². The van der Waals surface area contributed by atoms with Crippen LogP contribution in [0.3, 0.4) is 0 Å². The van der Waals surface area contributed by atoms with Gasteiger partial charge in [-0.25, -0.2) is 0 Å². The molecule has 1 aliphatic rings. The van der Waals surface area contributed by atoms with Gasteiger partial charge in [-0.15, -0.1) is 0 Å². The first-order chi connectivity index (χ1) is 7.34. The summed E-state index contributed by atoms with van der Waals surface area (Å²) < 4.78 is 6.36. The number of thiocarbonyl (C=S) groups is 1. The van der Waals surface area contributed by atoms with E-state index in [1.807, 2.05) is 6.92 Å². The van der Waals surface area contributed by atoms with E-state index in [0.29, 0.717) is 0 Å². The zero-order valence-electron chi connectivity index (χ0n) is 9.54. The van der Waals surface area contributed by atoms with Crippen molar-refractivity contribution in [3.8, 4) is 0 Å². The number of ether oxygens (including phenoxy) is 1. The molecular weight excluding hydrogens is 226 g/mol. The molecule has 15 heavy (non-hydrogen) atoms. The van der Waals surface area contributed by atoms with Gasteiger partial charge < -0.3 is 9.64 Å². The third-order valence-electron chi connectivity index (χ3n) is 2.52. The summed E-state index contributed by atoms with van der Waals surface area (Å²) in [6.07, 6.45) is 5.32. The van der Waals surface area contributed by atoms with E-state index in [2.05, 4.69) is 4.90 Å². The first-order valence-corrected chi connectivity index (χ1v) is 7.23. The molecule has 4 heteroatoms. The predicted octanol–water partition coefficient (Wildman–Crippen LogP) is 2.92. The lowest BCUT2D eigenvalue weighted by Crippen LogP contribution is -2.28. The molecule has 0 spiro atoms. The fraction of sp³-hybridized carbons (Fsp3) is 0.909. The van der Waals surface area contributed by atoms with Gasteiger partial charge in [-0.3, -0.25) is 0 Å². The standard InChI is InChI=1S/C11H21NOS2/c1-2-13-9-10-15-11(14)12-7-5-3-4-6-8-12/h2-10H2,1H3. The summed E-state index contributed by atoms with van der Waals surface area (Å²) in [6.45, 7) is 5.95. The zero-order valence-corrected chi connectivity index (χ0v) is 11.2. The van der Waals surface area contributed by atoms with Crippen molar-refractivity contribution in [3.63, 3.8) is 0 Å². The Kier molecular flexibility index (Phi) is 7.40. The second kappa shape index (κ2) is 8.36. The lowest BCUT2D eigenvalue weighted by atomic mass is 10.2. The third-order valence-corrected chi connectivity index (χ3v) is 4.01. The number of nitrogens with zero attached hydrogens (tertiary/aromatic N) is 1. The number of hydrogen-bond donors (Lipinski definition) is 0. The largest absolute Gasteiger partial charge is 0.381 e. The molecule has 0 aromatic carbocycles. The van der Waals surface area contributed by atoms with E-state index in [0.717, 1.165) is 36.4 Å². The van der Waals surface area contributed by atoms with Gasteiger partial charge in [-0.1, -0.05) is 36.8 Å². The first-order valence-electron chi connectivity index (χ1n) is 5.84. The highest BCUT2D eigenvalue weighted by Crippen LogP contribution is 2.15. The van der Waals surface area contributed by atoms with Gasteiger partial charge in [0, 0.05) is 25.4 Å². The van der Waals surface area contributed by atoms with Gasteiger partial charge in [-0.05, 0) is 19.8 Å². The van der Waals surface area contributed by atoms with Crippen LogP contribution in [-0.4, -0.2) is 41.3 Å². The summed E-state index contributed by atoms with van der Waals surface area (Å²) in [4.78, 5) is 2.36. The highest BCUT2D eigenvalue weighted by molar-refractivity contribution is 8.22. The molecule has 0 aliphatic carbocycles. The van der Waals surface area contributed by atoms with Crippen molar-refractivity contribution >= 4 is 28.3 Å². The van der Waals surface area contributed by atoms with E-state index in [4.69, 9.17) is 17.0 Å². The molecule has 0 bridgehead atoms. The zero-order chi connectivity index (χ0) is 10.9. The lowest BCUT2D eigenvalue weighted by molar-refractivity contribution is 0.164. The summed E-state index contributed by atoms with van der Waals surface area (Å²) in [6, 6.07) is 0. The average Bonchev–Trinajstić information content (AvgIpc) is 2.52. The second-order valence-electron chi connectivity index (χ2n) is 3.71. The van der Waals surface area contributed by atoms with Crippen molar-refractivity contribution in [2.75, 3.05) is 32.1 Å². The number of hydrogen-bond acceptors (Lipinski definition) is 3. The Balaban J connectivity index is 2.14. The maximum Gasteiger partial charge on any atom is 0.136 e. The van der Waals surface area contributed by atoms with E-state index in [9.17, 15) is 0 Å². The molecule has 88 valence electrons. The molecule has 0 saturated carbocycles. The van der Waals surface area contributed by atoms with Crippen LogP contribution in [-0.2, 0) is 4.74 Å². The topological polar surface area (TPSA) is 12.5 Å². The first kappa shape index (κ1) is 13.3. The van der Waals surface area contributed by atoms with E-state index in [1.54, 1.807) is 11.8 Å². The summed E-state index contributed by atoms with van der Waals surface area (Å²) in [5.74, 6) is 0.989. The highest BCUT2D eigenvalue weighted by atomic mass is 32.2.